The number of carbonyl (C=O) groups is 2. The van der Waals surface area contributed by atoms with Crippen LogP contribution in [0.25, 0.3) is 10.9 Å². The maximum Gasteiger partial charge on any atom is 0.416 e. The van der Waals surface area contributed by atoms with E-state index in [2.05, 4.69) is 15.3 Å². The third kappa shape index (κ3) is 6.26. The number of carbonyl (C=O) groups excluding carboxylic acids is 2. The van der Waals surface area contributed by atoms with Gasteiger partial charge in [-0.15, -0.1) is 0 Å². The molecule has 0 bridgehead atoms. The van der Waals surface area contributed by atoms with Crippen molar-refractivity contribution >= 4 is 28.7 Å². The molecular formula is C29H28F3N5O4. The van der Waals surface area contributed by atoms with Crippen molar-refractivity contribution < 1.29 is 32.2 Å². The van der Waals surface area contributed by atoms with Crippen molar-refractivity contribution in [1.82, 2.24) is 19.4 Å². The zero-order valence-corrected chi connectivity index (χ0v) is 22.9. The molecule has 214 valence electrons. The minimum Gasteiger partial charge on any atom is -0.444 e. The average molecular weight is 568 g/mol. The molecule has 0 saturated carbocycles. The summed E-state index contributed by atoms with van der Waals surface area (Å²) in [4.78, 5) is 35.6. The number of benzene rings is 2. The Hall–Kier alpha value is -4.61. The van der Waals surface area contributed by atoms with E-state index in [9.17, 15) is 22.8 Å². The van der Waals surface area contributed by atoms with E-state index < -0.39 is 29.5 Å². The van der Waals surface area contributed by atoms with Gasteiger partial charge in [0, 0.05) is 29.4 Å². The molecule has 0 aliphatic carbocycles. The normalized spacial score (nSPS) is 13.6. The SMILES string of the molecule is Cc1cc(NC(=O)n2ccc3cc(Oc4ncnc5c4CCN(C(=O)OC(C)(C)C)C5)ccc32)cc(C(F)(F)F)c1. The van der Waals surface area contributed by atoms with E-state index in [-0.39, 0.29) is 12.2 Å². The van der Waals surface area contributed by atoms with Crippen LogP contribution in [0.4, 0.5) is 28.4 Å². The molecule has 12 heteroatoms. The number of amides is 2. The number of ether oxygens (including phenoxy) is 2. The molecule has 0 fully saturated rings. The lowest BCUT2D eigenvalue weighted by molar-refractivity contribution is -0.137. The van der Waals surface area contributed by atoms with E-state index in [0.717, 1.165) is 17.7 Å². The molecule has 41 heavy (non-hydrogen) atoms. The van der Waals surface area contributed by atoms with Crippen LogP contribution >= 0.6 is 0 Å². The highest BCUT2D eigenvalue weighted by Crippen LogP contribution is 2.33. The predicted octanol–water partition coefficient (Wildman–Crippen LogP) is 6.92. The van der Waals surface area contributed by atoms with Crippen LogP contribution in [-0.4, -0.2) is 43.7 Å². The molecule has 0 unspecified atom stereocenters. The summed E-state index contributed by atoms with van der Waals surface area (Å²) in [6.45, 7) is 7.66. The highest BCUT2D eigenvalue weighted by atomic mass is 19.4. The van der Waals surface area contributed by atoms with Crippen molar-refractivity contribution in [3.63, 3.8) is 0 Å². The summed E-state index contributed by atoms with van der Waals surface area (Å²) in [5.41, 5.74) is 0.975. The number of halogens is 3. The van der Waals surface area contributed by atoms with Gasteiger partial charge in [-0.25, -0.2) is 19.6 Å². The Balaban J connectivity index is 1.32. The second kappa shape index (κ2) is 10.4. The lowest BCUT2D eigenvalue weighted by atomic mass is 10.1. The summed E-state index contributed by atoms with van der Waals surface area (Å²) in [5.74, 6) is 0.843. The average Bonchev–Trinajstić information content (AvgIpc) is 3.30. The molecule has 0 saturated heterocycles. The van der Waals surface area contributed by atoms with E-state index in [1.807, 2.05) is 20.8 Å². The fourth-order valence-corrected chi connectivity index (χ4v) is 4.57. The molecule has 2 amide bonds. The molecule has 0 atom stereocenters. The smallest absolute Gasteiger partial charge is 0.416 e. The molecule has 2 aromatic carbocycles. The van der Waals surface area contributed by atoms with Gasteiger partial charge in [0.1, 0.15) is 17.7 Å². The maximum absolute atomic E-state index is 13.2. The van der Waals surface area contributed by atoms with Crippen molar-refractivity contribution in [3.8, 4) is 11.6 Å². The summed E-state index contributed by atoms with van der Waals surface area (Å²) in [5, 5.41) is 3.22. The van der Waals surface area contributed by atoms with Gasteiger partial charge in [-0.05, 0) is 82.1 Å². The third-order valence-electron chi connectivity index (χ3n) is 6.37. The minimum absolute atomic E-state index is 0.0443. The first-order chi connectivity index (χ1) is 19.3. The molecule has 1 N–H and O–H groups in total. The zero-order chi connectivity index (χ0) is 29.5. The number of nitrogens with one attached hydrogen (secondary N) is 1. The van der Waals surface area contributed by atoms with Crippen LogP contribution in [-0.2, 0) is 23.9 Å². The Morgan fingerprint density at radius 2 is 1.80 bits per heavy atom. The van der Waals surface area contributed by atoms with Gasteiger partial charge in [-0.1, -0.05) is 0 Å². The van der Waals surface area contributed by atoms with E-state index in [4.69, 9.17) is 9.47 Å². The molecule has 1 aliphatic rings. The fourth-order valence-electron chi connectivity index (χ4n) is 4.57. The van der Waals surface area contributed by atoms with Gasteiger partial charge in [0.2, 0.25) is 5.88 Å². The molecular weight excluding hydrogens is 539 g/mol. The lowest BCUT2D eigenvalue weighted by Gasteiger charge is -2.30. The number of aromatic nitrogens is 3. The van der Waals surface area contributed by atoms with Crippen molar-refractivity contribution in [2.24, 2.45) is 0 Å². The summed E-state index contributed by atoms with van der Waals surface area (Å²) < 4.78 is 52.5. The van der Waals surface area contributed by atoms with Gasteiger partial charge in [-0.2, -0.15) is 13.2 Å². The monoisotopic (exact) mass is 567 g/mol. The first-order valence-electron chi connectivity index (χ1n) is 12.9. The number of aryl methyl sites for hydroxylation is 1. The molecule has 1 aliphatic heterocycles. The number of nitrogens with zero attached hydrogens (tertiary/aromatic N) is 4. The standard InChI is InChI=1S/C29H28F3N5O4/c1-17-11-19(29(30,31)32)14-20(12-17)35-26(38)37-10-7-18-13-21(5-6-24(18)37)40-25-22-8-9-36(15-23(22)33-16-34-25)27(39)41-28(2,3)4/h5-7,10-14,16H,8-9,15H2,1-4H3,(H,35,38). The number of hydrogen-bond acceptors (Lipinski definition) is 6. The molecule has 5 rings (SSSR count). The molecule has 0 radical (unpaired) electrons. The maximum atomic E-state index is 13.2. The van der Waals surface area contributed by atoms with Crippen molar-refractivity contribution in [2.75, 3.05) is 11.9 Å². The summed E-state index contributed by atoms with van der Waals surface area (Å²) in [6.07, 6.45) is -1.54. The van der Waals surface area contributed by atoms with Crippen LogP contribution in [0.1, 0.15) is 43.2 Å². The van der Waals surface area contributed by atoms with E-state index in [1.165, 1.54) is 30.1 Å². The summed E-state index contributed by atoms with van der Waals surface area (Å²) >= 11 is 0. The van der Waals surface area contributed by atoms with Crippen LogP contribution in [0, 0.1) is 6.92 Å². The fraction of sp³-hybridized carbons (Fsp3) is 0.310. The van der Waals surface area contributed by atoms with Crippen LogP contribution in [0.15, 0.2) is 55.0 Å². The first-order valence-corrected chi connectivity index (χ1v) is 12.9. The van der Waals surface area contributed by atoms with Gasteiger partial charge in [0.25, 0.3) is 0 Å². The van der Waals surface area contributed by atoms with Crippen LogP contribution in [0.5, 0.6) is 11.6 Å². The first kappa shape index (κ1) is 27.9. The largest absolute Gasteiger partial charge is 0.444 e. The van der Waals surface area contributed by atoms with E-state index in [1.54, 1.807) is 29.2 Å². The number of alkyl halides is 3. The van der Waals surface area contributed by atoms with E-state index in [0.29, 0.717) is 46.8 Å². The molecule has 9 nitrogen and oxygen atoms in total. The van der Waals surface area contributed by atoms with Crippen molar-refractivity contribution in [2.45, 2.75) is 52.4 Å². The zero-order valence-electron chi connectivity index (χ0n) is 22.9. The molecule has 4 aromatic rings. The van der Waals surface area contributed by atoms with Crippen LogP contribution < -0.4 is 10.1 Å². The summed E-state index contributed by atoms with van der Waals surface area (Å²) in [6, 6.07) is 9.58. The molecule has 3 heterocycles. The van der Waals surface area contributed by atoms with Gasteiger partial charge in [-0.3, -0.25) is 4.57 Å². The van der Waals surface area contributed by atoms with Crippen LogP contribution in [0.2, 0.25) is 0 Å². The molecule has 2 aromatic heterocycles. The highest BCUT2D eigenvalue weighted by Gasteiger charge is 2.31. The second-order valence-electron chi connectivity index (χ2n) is 10.8. The number of fused-ring (bicyclic) bond motifs is 2. The highest BCUT2D eigenvalue weighted by molar-refractivity contribution is 5.98. The Bertz CT molecular complexity index is 1640. The minimum atomic E-state index is -4.53. The Morgan fingerprint density at radius 3 is 2.54 bits per heavy atom. The third-order valence-corrected chi connectivity index (χ3v) is 6.37. The van der Waals surface area contributed by atoms with Gasteiger partial charge in [0.15, 0.2) is 0 Å². The van der Waals surface area contributed by atoms with Crippen LogP contribution in [0.3, 0.4) is 0 Å². The topological polar surface area (TPSA) is 98.6 Å². The van der Waals surface area contributed by atoms with Gasteiger partial charge < -0.3 is 19.7 Å². The Kier molecular flexibility index (Phi) is 7.10. The molecule has 0 spiro atoms. The van der Waals surface area contributed by atoms with Crippen molar-refractivity contribution in [1.29, 1.82) is 0 Å². The lowest BCUT2D eigenvalue weighted by Crippen LogP contribution is -2.40. The van der Waals surface area contributed by atoms with Gasteiger partial charge >= 0.3 is 18.3 Å². The predicted molar refractivity (Wildman–Crippen MR) is 145 cm³/mol. The van der Waals surface area contributed by atoms with Gasteiger partial charge in [0.05, 0.1) is 23.3 Å². The Morgan fingerprint density at radius 1 is 1.02 bits per heavy atom. The quantitative estimate of drug-likeness (QED) is 0.288. The number of hydrogen-bond donors (Lipinski definition) is 1. The van der Waals surface area contributed by atoms with Crippen molar-refractivity contribution in [3.05, 3.63) is 77.4 Å². The number of anilines is 1. The van der Waals surface area contributed by atoms with E-state index >= 15 is 0 Å². The summed E-state index contributed by atoms with van der Waals surface area (Å²) in [7, 11) is 0. The second-order valence-corrected chi connectivity index (χ2v) is 10.8. The number of rotatable bonds is 3. The Labute approximate surface area is 233 Å².